The van der Waals surface area contributed by atoms with Crippen LogP contribution in [0.1, 0.15) is 18.2 Å². The van der Waals surface area contributed by atoms with Gasteiger partial charge in [-0.25, -0.2) is 0 Å². The Labute approximate surface area is 115 Å². The van der Waals surface area contributed by atoms with Gasteiger partial charge in [-0.3, -0.25) is 4.98 Å². The van der Waals surface area contributed by atoms with Crippen LogP contribution in [0.25, 0.3) is 0 Å². The molecule has 2 rings (SSSR count). The van der Waals surface area contributed by atoms with Crippen molar-refractivity contribution in [2.75, 3.05) is 7.11 Å². The van der Waals surface area contributed by atoms with E-state index in [4.69, 9.17) is 4.74 Å². The molecule has 94 valence electrons. The van der Waals surface area contributed by atoms with Crippen molar-refractivity contribution >= 4 is 15.9 Å². The summed E-state index contributed by atoms with van der Waals surface area (Å²) in [6.45, 7) is 1.71. The number of hydrogen-bond acceptors (Lipinski definition) is 3. The number of benzene rings is 1. The summed E-state index contributed by atoms with van der Waals surface area (Å²) in [7, 11) is 1.57. The average molecular weight is 308 g/mol. The Balaban J connectivity index is 2.54. The molecule has 0 spiro atoms. The molecule has 0 radical (unpaired) electrons. The van der Waals surface area contributed by atoms with Gasteiger partial charge in [0.15, 0.2) is 0 Å². The molecule has 0 saturated carbocycles. The van der Waals surface area contributed by atoms with Crippen LogP contribution in [0.5, 0.6) is 5.75 Å². The maximum Gasteiger partial charge on any atom is 0.143 e. The summed E-state index contributed by atoms with van der Waals surface area (Å²) in [6.07, 6.45) is 1.64. The van der Waals surface area contributed by atoms with E-state index >= 15 is 0 Å². The molecule has 1 atom stereocenters. The zero-order valence-corrected chi connectivity index (χ0v) is 11.8. The van der Waals surface area contributed by atoms with E-state index in [0.29, 0.717) is 11.4 Å². The molecule has 1 N–H and O–H groups in total. The van der Waals surface area contributed by atoms with E-state index < -0.39 is 5.60 Å². The molecule has 1 aromatic carbocycles. The molecule has 0 aliphatic rings. The van der Waals surface area contributed by atoms with E-state index in [1.807, 2.05) is 24.3 Å². The first-order valence-electron chi connectivity index (χ1n) is 5.53. The fourth-order valence-electron chi connectivity index (χ4n) is 1.85. The molecule has 1 aromatic heterocycles. The molecular weight excluding hydrogens is 294 g/mol. The Kier molecular flexibility index (Phi) is 3.68. The van der Waals surface area contributed by atoms with Crippen molar-refractivity contribution in [1.29, 1.82) is 0 Å². The normalized spacial score (nSPS) is 14.0. The lowest BCUT2D eigenvalue weighted by Gasteiger charge is -2.25. The monoisotopic (exact) mass is 307 g/mol. The molecule has 0 amide bonds. The number of rotatable bonds is 3. The Morgan fingerprint density at radius 3 is 2.72 bits per heavy atom. The number of hydrogen-bond donors (Lipinski definition) is 1. The molecule has 0 saturated heterocycles. The standard InChI is InChI=1S/C14H14BrNO2/c1-14(17,10-5-3-6-11(15)9-10)13-12(18-2)7-4-8-16-13/h3-9,17H,1-2H3. The van der Waals surface area contributed by atoms with Crippen molar-refractivity contribution in [3.63, 3.8) is 0 Å². The summed E-state index contributed by atoms with van der Waals surface area (Å²) in [5.41, 5.74) is 0.0654. The van der Waals surface area contributed by atoms with Gasteiger partial charge in [-0.15, -0.1) is 0 Å². The highest BCUT2D eigenvalue weighted by molar-refractivity contribution is 9.10. The van der Waals surface area contributed by atoms with Gasteiger partial charge in [-0.05, 0) is 36.8 Å². The van der Waals surface area contributed by atoms with Crippen LogP contribution in [0.15, 0.2) is 47.1 Å². The first kappa shape index (κ1) is 13.1. The van der Waals surface area contributed by atoms with Crippen LogP contribution >= 0.6 is 15.9 Å². The molecule has 18 heavy (non-hydrogen) atoms. The van der Waals surface area contributed by atoms with E-state index in [9.17, 15) is 5.11 Å². The Hall–Kier alpha value is -1.39. The molecular formula is C14H14BrNO2. The van der Waals surface area contributed by atoms with E-state index in [0.717, 1.165) is 10.0 Å². The van der Waals surface area contributed by atoms with Crippen LogP contribution in [0.2, 0.25) is 0 Å². The zero-order chi connectivity index (χ0) is 13.2. The van der Waals surface area contributed by atoms with Gasteiger partial charge in [0.1, 0.15) is 17.0 Å². The number of aromatic nitrogens is 1. The van der Waals surface area contributed by atoms with Crippen LogP contribution in [0, 0.1) is 0 Å². The quantitative estimate of drug-likeness (QED) is 0.947. The maximum atomic E-state index is 10.7. The number of halogens is 1. The van der Waals surface area contributed by atoms with Crippen molar-refractivity contribution in [2.24, 2.45) is 0 Å². The molecule has 0 aliphatic heterocycles. The largest absolute Gasteiger partial charge is 0.495 e. The fraction of sp³-hybridized carbons (Fsp3) is 0.214. The fourth-order valence-corrected chi connectivity index (χ4v) is 2.25. The smallest absolute Gasteiger partial charge is 0.143 e. The predicted molar refractivity (Wildman–Crippen MR) is 73.6 cm³/mol. The highest BCUT2D eigenvalue weighted by atomic mass is 79.9. The number of pyridine rings is 1. The highest BCUT2D eigenvalue weighted by Crippen LogP contribution is 2.34. The first-order chi connectivity index (χ1) is 8.55. The van der Waals surface area contributed by atoms with Gasteiger partial charge in [-0.1, -0.05) is 28.1 Å². The third kappa shape index (κ3) is 2.40. The topological polar surface area (TPSA) is 42.4 Å². The van der Waals surface area contributed by atoms with Crippen LogP contribution in [0.3, 0.4) is 0 Å². The van der Waals surface area contributed by atoms with Gasteiger partial charge in [0.2, 0.25) is 0 Å². The second-order valence-electron chi connectivity index (χ2n) is 4.14. The number of nitrogens with zero attached hydrogens (tertiary/aromatic N) is 1. The van der Waals surface area contributed by atoms with Crippen LogP contribution < -0.4 is 4.74 Å². The second-order valence-corrected chi connectivity index (χ2v) is 5.05. The molecule has 0 aliphatic carbocycles. The van der Waals surface area contributed by atoms with E-state index in [-0.39, 0.29) is 0 Å². The minimum Gasteiger partial charge on any atom is -0.495 e. The first-order valence-corrected chi connectivity index (χ1v) is 6.33. The minimum atomic E-state index is -1.20. The number of methoxy groups -OCH3 is 1. The van der Waals surface area contributed by atoms with Gasteiger partial charge in [0, 0.05) is 10.7 Å². The van der Waals surface area contributed by atoms with E-state index in [1.54, 1.807) is 32.4 Å². The molecule has 2 aromatic rings. The molecule has 4 heteroatoms. The van der Waals surface area contributed by atoms with Gasteiger partial charge < -0.3 is 9.84 Å². The Bertz CT molecular complexity index is 555. The summed E-state index contributed by atoms with van der Waals surface area (Å²) >= 11 is 3.40. The Morgan fingerprint density at radius 2 is 2.06 bits per heavy atom. The molecule has 1 heterocycles. The predicted octanol–water partition coefficient (Wildman–Crippen LogP) is 3.11. The number of aliphatic hydroxyl groups is 1. The lowest BCUT2D eigenvalue weighted by atomic mass is 9.91. The average Bonchev–Trinajstić information content (AvgIpc) is 2.38. The van der Waals surface area contributed by atoms with Crippen LogP contribution in [0.4, 0.5) is 0 Å². The SMILES string of the molecule is COc1cccnc1C(C)(O)c1cccc(Br)c1. The van der Waals surface area contributed by atoms with Crippen molar-refractivity contribution in [3.8, 4) is 5.75 Å². The minimum absolute atomic E-state index is 0.505. The summed E-state index contributed by atoms with van der Waals surface area (Å²) in [5.74, 6) is 0.572. The third-order valence-corrected chi connectivity index (χ3v) is 3.33. The second kappa shape index (κ2) is 5.08. The highest BCUT2D eigenvalue weighted by Gasteiger charge is 2.30. The molecule has 3 nitrogen and oxygen atoms in total. The van der Waals surface area contributed by atoms with Crippen molar-refractivity contribution in [1.82, 2.24) is 4.98 Å². The zero-order valence-electron chi connectivity index (χ0n) is 10.2. The summed E-state index contributed by atoms with van der Waals surface area (Å²) in [5, 5.41) is 10.7. The van der Waals surface area contributed by atoms with E-state index in [1.165, 1.54) is 0 Å². The molecule has 0 fully saturated rings. The van der Waals surface area contributed by atoms with Gasteiger partial charge in [-0.2, -0.15) is 0 Å². The summed E-state index contributed by atoms with van der Waals surface area (Å²) < 4.78 is 6.16. The summed E-state index contributed by atoms with van der Waals surface area (Å²) in [6, 6.07) is 11.1. The van der Waals surface area contributed by atoms with E-state index in [2.05, 4.69) is 20.9 Å². The van der Waals surface area contributed by atoms with Crippen LogP contribution in [-0.2, 0) is 5.60 Å². The molecule has 1 unspecified atom stereocenters. The van der Waals surface area contributed by atoms with Gasteiger partial charge >= 0.3 is 0 Å². The number of ether oxygens (including phenoxy) is 1. The maximum absolute atomic E-state index is 10.7. The Morgan fingerprint density at radius 1 is 1.28 bits per heavy atom. The lowest BCUT2D eigenvalue weighted by molar-refractivity contribution is 0.0938. The van der Waals surface area contributed by atoms with Gasteiger partial charge in [0.05, 0.1) is 7.11 Å². The van der Waals surface area contributed by atoms with Crippen molar-refractivity contribution < 1.29 is 9.84 Å². The lowest BCUT2D eigenvalue weighted by Crippen LogP contribution is -2.25. The van der Waals surface area contributed by atoms with Crippen molar-refractivity contribution in [2.45, 2.75) is 12.5 Å². The molecule has 0 bridgehead atoms. The van der Waals surface area contributed by atoms with Crippen LogP contribution in [-0.4, -0.2) is 17.2 Å². The third-order valence-electron chi connectivity index (χ3n) is 2.84. The van der Waals surface area contributed by atoms with Gasteiger partial charge in [0.25, 0.3) is 0 Å². The van der Waals surface area contributed by atoms with Crippen molar-refractivity contribution in [3.05, 3.63) is 58.3 Å². The summed E-state index contributed by atoms with van der Waals surface area (Å²) in [4.78, 5) is 4.24.